The van der Waals surface area contributed by atoms with Crippen molar-refractivity contribution in [2.45, 2.75) is 36.4 Å². The highest BCUT2D eigenvalue weighted by atomic mass is 32.2. The first-order valence-electron chi connectivity index (χ1n) is 8.14. The molecule has 0 spiro atoms. The van der Waals surface area contributed by atoms with Crippen molar-refractivity contribution in [1.82, 2.24) is 4.72 Å². The number of fused-ring (bicyclic) bond motifs is 1. The number of nitrogens with one attached hydrogen (secondary N) is 1. The molecule has 1 aliphatic rings. The van der Waals surface area contributed by atoms with Crippen molar-refractivity contribution in [3.8, 4) is 6.07 Å². The minimum atomic E-state index is -4.73. The molecule has 0 radical (unpaired) electrons. The van der Waals surface area contributed by atoms with E-state index in [-0.39, 0.29) is 4.90 Å². The second-order valence-corrected chi connectivity index (χ2v) is 8.06. The normalized spacial score (nSPS) is 17.2. The van der Waals surface area contributed by atoms with Crippen molar-refractivity contribution in [2.24, 2.45) is 0 Å². The summed E-state index contributed by atoms with van der Waals surface area (Å²) in [5, 5.41) is 8.97. The molecule has 0 saturated carbocycles. The Morgan fingerprint density at radius 2 is 1.93 bits per heavy atom. The molecule has 0 heterocycles. The van der Waals surface area contributed by atoms with Crippen LogP contribution in [0.25, 0.3) is 0 Å². The summed E-state index contributed by atoms with van der Waals surface area (Å²) in [5.74, 6) is 0. The molecule has 0 saturated heterocycles. The van der Waals surface area contributed by atoms with Crippen LogP contribution >= 0.6 is 0 Å². The van der Waals surface area contributed by atoms with Crippen LogP contribution in [0.4, 0.5) is 18.9 Å². The minimum absolute atomic E-state index is 0.380. The van der Waals surface area contributed by atoms with E-state index in [0.717, 1.165) is 36.1 Å². The summed E-state index contributed by atoms with van der Waals surface area (Å²) in [6, 6.07) is 8.35. The summed E-state index contributed by atoms with van der Waals surface area (Å²) in [6.07, 6.45) is -2.65. The number of benzene rings is 2. The summed E-state index contributed by atoms with van der Waals surface area (Å²) < 4.78 is 66.6. The van der Waals surface area contributed by atoms with E-state index in [2.05, 4.69) is 4.72 Å². The van der Waals surface area contributed by atoms with Crippen LogP contribution in [0.15, 0.2) is 41.3 Å². The molecule has 2 aromatic carbocycles. The fraction of sp³-hybridized carbons (Fsp3) is 0.278. The Balaban J connectivity index is 1.94. The summed E-state index contributed by atoms with van der Waals surface area (Å²) >= 11 is 0. The van der Waals surface area contributed by atoms with Gasteiger partial charge in [-0.15, -0.1) is 0 Å². The lowest BCUT2D eigenvalue weighted by atomic mass is 9.88. The molecule has 1 atom stereocenters. The smallest absolute Gasteiger partial charge is 0.399 e. The van der Waals surface area contributed by atoms with Crippen molar-refractivity contribution in [1.29, 1.82) is 5.26 Å². The van der Waals surface area contributed by atoms with Crippen molar-refractivity contribution >= 4 is 15.7 Å². The lowest BCUT2D eigenvalue weighted by Gasteiger charge is -2.26. The van der Waals surface area contributed by atoms with Crippen molar-refractivity contribution in [3.63, 3.8) is 0 Å². The molecule has 3 rings (SSSR count). The zero-order valence-electron chi connectivity index (χ0n) is 14.0. The third kappa shape index (κ3) is 3.91. The average molecular weight is 395 g/mol. The molecule has 0 fully saturated rings. The van der Waals surface area contributed by atoms with Gasteiger partial charge in [0.1, 0.15) is 0 Å². The van der Waals surface area contributed by atoms with E-state index in [1.54, 1.807) is 18.2 Å². The Morgan fingerprint density at radius 1 is 1.19 bits per heavy atom. The maximum absolute atomic E-state index is 12.9. The Morgan fingerprint density at radius 3 is 2.59 bits per heavy atom. The molecule has 9 heteroatoms. The fourth-order valence-electron chi connectivity index (χ4n) is 3.24. The lowest BCUT2D eigenvalue weighted by molar-refractivity contribution is -0.137. The van der Waals surface area contributed by atoms with Crippen LogP contribution < -0.4 is 10.5 Å². The molecule has 142 valence electrons. The van der Waals surface area contributed by atoms with Crippen LogP contribution in [-0.4, -0.2) is 8.42 Å². The molecular formula is C18H16F3N3O2S. The summed E-state index contributed by atoms with van der Waals surface area (Å²) in [4.78, 5) is -0.380. The van der Waals surface area contributed by atoms with Crippen molar-refractivity contribution in [3.05, 3.63) is 58.7 Å². The third-order valence-corrected chi connectivity index (χ3v) is 5.98. The van der Waals surface area contributed by atoms with E-state index in [9.17, 15) is 21.6 Å². The zero-order chi connectivity index (χ0) is 19.8. The second-order valence-electron chi connectivity index (χ2n) is 6.34. The molecule has 0 bridgehead atoms. The highest BCUT2D eigenvalue weighted by molar-refractivity contribution is 7.89. The molecule has 1 aliphatic carbocycles. The van der Waals surface area contributed by atoms with E-state index in [0.29, 0.717) is 18.2 Å². The fourth-order valence-corrected chi connectivity index (χ4v) is 4.52. The first-order valence-corrected chi connectivity index (χ1v) is 9.62. The Bertz CT molecular complexity index is 1030. The van der Waals surface area contributed by atoms with Crippen molar-refractivity contribution in [2.75, 3.05) is 5.73 Å². The largest absolute Gasteiger partial charge is 0.417 e. The number of rotatable bonds is 3. The van der Waals surface area contributed by atoms with Gasteiger partial charge in [0, 0.05) is 11.7 Å². The monoisotopic (exact) mass is 395 g/mol. The number of nitrogens with two attached hydrogens (primary N) is 1. The van der Waals surface area contributed by atoms with E-state index < -0.39 is 33.4 Å². The number of nitrogen functional groups attached to an aromatic ring is 1. The summed E-state index contributed by atoms with van der Waals surface area (Å²) in [5.41, 5.74) is 6.19. The first-order chi connectivity index (χ1) is 12.6. The number of halogens is 3. The predicted molar refractivity (Wildman–Crippen MR) is 93.0 cm³/mol. The maximum Gasteiger partial charge on any atom is 0.417 e. The standard InChI is InChI=1S/C18H16F3N3O2S/c19-18(20,21)16-7-5-14(9-12(16)10-22)27(25,26)24-17-3-1-2-11-8-13(23)4-6-15(11)17/h4-9,17,24H,1-3,23H2. The van der Waals surface area contributed by atoms with E-state index in [1.165, 1.54) is 6.07 Å². The quantitative estimate of drug-likeness (QED) is 0.778. The van der Waals surface area contributed by atoms with Gasteiger partial charge < -0.3 is 5.73 Å². The van der Waals surface area contributed by atoms with Crippen LogP contribution in [0.5, 0.6) is 0 Å². The number of nitrogens with zero attached hydrogens (tertiary/aromatic N) is 1. The van der Waals surface area contributed by atoms with Crippen LogP contribution in [0.3, 0.4) is 0 Å². The van der Waals surface area contributed by atoms with Crippen LogP contribution in [0.2, 0.25) is 0 Å². The van der Waals surface area contributed by atoms with Gasteiger partial charge in [-0.1, -0.05) is 6.07 Å². The summed E-state index contributed by atoms with van der Waals surface area (Å²) in [7, 11) is -4.11. The molecule has 0 amide bonds. The van der Waals surface area contributed by atoms with Gasteiger partial charge in [-0.25, -0.2) is 13.1 Å². The van der Waals surface area contributed by atoms with E-state index >= 15 is 0 Å². The van der Waals surface area contributed by atoms with E-state index in [1.807, 2.05) is 0 Å². The van der Waals surface area contributed by atoms with Gasteiger partial charge >= 0.3 is 6.18 Å². The lowest BCUT2D eigenvalue weighted by Crippen LogP contribution is -2.31. The number of hydrogen-bond acceptors (Lipinski definition) is 4. The number of hydrogen-bond donors (Lipinski definition) is 2. The highest BCUT2D eigenvalue weighted by Gasteiger charge is 2.34. The van der Waals surface area contributed by atoms with Gasteiger partial charge in [-0.05, 0) is 60.7 Å². The number of nitriles is 1. The van der Waals surface area contributed by atoms with Crippen LogP contribution in [-0.2, 0) is 22.6 Å². The van der Waals surface area contributed by atoms with Crippen LogP contribution in [0, 0.1) is 11.3 Å². The number of sulfonamides is 1. The second kappa shape index (κ2) is 6.87. The van der Waals surface area contributed by atoms with Gasteiger partial charge in [0.15, 0.2) is 0 Å². The molecule has 27 heavy (non-hydrogen) atoms. The molecule has 1 unspecified atom stereocenters. The predicted octanol–water partition coefficient (Wildman–Crippen LogP) is 3.52. The first kappa shape index (κ1) is 19.2. The average Bonchev–Trinajstić information content (AvgIpc) is 2.60. The van der Waals surface area contributed by atoms with Crippen molar-refractivity contribution < 1.29 is 21.6 Å². The molecule has 2 aromatic rings. The SMILES string of the molecule is N#Cc1cc(S(=O)(=O)NC2CCCc3cc(N)ccc32)ccc1C(F)(F)F. The molecule has 5 nitrogen and oxygen atoms in total. The zero-order valence-corrected chi connectivity index (χ0v) is 14.9. The number of anilines is 1. The third-order valence-electron chi connectivity index (χ3n) is 4.51. The number of aryl methyl sites for hydroxylation is 1. The Kier molecular flexibility index (Phi) is 4.88. The van der Waals surface area contributed by atoms with Crippen LogP contribution in [0.1, 0.15) is 41.1 Å². The van der Waals surface area contributed by atoms with Gasteiger partial charge in [0.05, 0.1) is 22.1 Å². The van der Waals surface area contributed by atoms with E-state index in [4.69, 9.17) is 11.0 Å². The summed E-state index contributed by atoms with van der Waals surface area (Å²) in [6.45, 7) is 0. The molecule has 0 aliphatic heterocycles. The molecule has 0 aromatic heterocycles. The maximum atomic E-state index is 12.9. The molecule has 3 N–H and O–H groups in total. The van der Waals surface area contributed by atoms with Gasteiger partial charge in [0.2, 0.25) is 10.0 Å². The number of alkyl halides is 3. The molecular weight excluding hydrogens is 379 g/mol. The highest BCUT2D eigenvalue weighted by Crippen LogP contribution is 2.34. The van der Waals surface area contributed by atoms with Gasteiger partial charge in [-0.2, -0.15) is 18.4 Å². The Hall–Kier alpha value is -2.57. The van der Waals surface area contributed by atoms with Gasteiger partial charge in [-0.3, -0.25) is 0 Å². The Labute approximate surface area is 154 Å². The topological polar surface area (TPSA) is 96.0 Å². The minimum Gasteiger partial charge on any atom is -0.399 e. The van der Waals surface area contributed by atoms with Gasteiger partial charge in [0.25, 0.3) is 0 Å².